The predicted molar refractivity (Wildman–Crippen MR) is 71.9 cm³/mol. The second-order valence-electron chi connectivity index (χ2n) is 5.20. The molecule has 0 bridgehead atoms. The fourth-order valence-electron chi connectivity index (χ4n) is 2.80. The Morgan fingerprint density at radius 3 is 2.81 bits per heavy atom. The molecular formula is C14H30N2. The summed E-state index contributed by atoms with van der Waals surface area (Å²) in [4.78, 5) is 2.70. The first kappa shape index (κ1) is 14.0. The van der Waals surface area contributed by atoms with Crippen LogP contribution in [0.1, 0.15) is 59.3 Å². The van der Waals surface area contributed by atoms with Crippen LogP contribution in [0.4, 0.5) is 0 Å². The number of nitrogens with zero attached hydrogens (tertiary/aromatic N) is 1. The van der Waals surface area contributed by atoms with Crippen molar-refractivity contribution in [2.75, 3.05) is 19.6 Å². The zero-order valence-electron chi connectivity index (χ0n) is 11.5. The lowest BCUT2D eigenvalue weighted by Crippen LogP contribution is -2.43. The van der Waals surface area contributed by atoms with Gasteiger partial charge in [0, 0.05) is 18.6 Å². The van der Waals surface area contributed by atoms with Crippen molar-refractivity contribution in [3.8, 4) is 0 Å². The van der Waals surface area contributed by atoms with E-state index in [0.29, 0.717) is 6.04 Å². The monoisotopic (exact) mass is 226 g/mol. The van der Waals surface area contributed by atoms with E-state index in [9.17, 15) is 0 Å². The molecule has 0 saturated carbocycles. The molecule has 0 spiro atoms. The molecule has 1 aliphatic heterocycles. The third-order valence-corrected chi connectivity index (χ3v) is 3.86. The molecule has 2 heteroatoms. The number of hydrogen-bond acceptors (Lipinski definition) is 2. The second kappa shape index (κ2) is 8.08. The maximum atomic E-state index is 3.60. The van der Waals surface area contributed by atoms with Gasteiger partial charge < -0.3 is 5.32 Å². The first-order chi connectivity index (χ1) is 7.79. The highest BCUT2D eigenvalue weighted by Gasteiger charge is 2.26. The van der Waals surface area contributed by atoms with Crippen LogP contribution in [0, 0.1) is 0 Å². The smallest absolute Gasteiger partial charge is 0.0195 e. The molecule has 96 valence electrons. The normalized spacial score (nSPS) is 23.8. The van der Waals surface area contributed by atoms with Crippen LogP contribution in [0.5, 0.6) is 0 Å². The van der Waals surface area contributed by atoms with Gasteiger partial charge in [0.15, 0.2) is 0 Å². The third kappa shape index (κ3) is 4.42. The Bertz CT molecular complexity index is 170. The Morgan fingerprint density at radius 1 is 1.31 bits per heavy atom. The van der Waals surface area contributed by atoms with Crippen molar-refractivity contribution in [1.82, 2.24) is 10.2 Å². The number of likely N-dealkylation sites (tertiary alicyclic amines) is 1. The average Bonchev–Trinajstić information content (AvgIpc) is 2.76. The van der Waals surface area contributed by atoms with E-state index in [1.54, 1.807) is 0 Å². The molecule has 2 nitrogen and oxygen atoms in total. The Balaban J connectivity index is 2.11. The molecule has 2 unspecified atom stereocenters. The van der Waals surface area contributed by atoms with Gasteiger partial charge in [-0.3, -0.25) is 4.90 Å². The summed E-state index contributed by atoms with van der Waals surface area (Å²) >= 11 is 0. The number of hydrogen-bond donors (Lipinski definition) is 1. The zero-order chi connectivity index (χ0) is 11.8. The lowest BCUT2D eigenvalue weighted by molar-refractivity contribution is 0.183. The van der Waals surface area contributed by atoms with E-state index in [4.69, 9.17) is 0 Å². The first-order valence-corrected chi connectivity index (χ1v) is 7.26. The molecule has 1 fully saturated rings. The number of rotatable bonds is 8. The summed E-state index contributed by atoms with van der Waals surface area (Å²) in [5.74, 6) is 0. The van der Waals surface area contributed by atoms with E-state index >= 15 is 0 Å². The molecule has 1 N–H and O–H groups in total. The lowest BCUT2D eigenvalue weighted by Gasteiger charge is -2.30. The summed E-state index contributed by atoms with van der Waals surface area (Å²) in [6.07, 6.45) is 8.15. The average molecular weight is 226 g/mol. The van der Waals surface area contributed by atoms with E-state index in [2.05, 4.69) is 31.0 Å². The number of nitrogens with one attached hydrogen (secondary N) is 1. The van der Waals surface area contributed by atoms with Crippen LogP contribution in [0.3, 0.4) is 0 Å². The van der Waals surface area contributed by atoms with Gasteiger partial charge in [-0.1, -0.05) is 26.7 Å². The van der Waals surface area contributed by atoms with Crippen molar-refractivity contribution >= 4 is 0 Å². The van der Waals surface area contributed by atoms with E-state index in [-0.39, 0.29) is 0 Å². The predicted octanol–water partition coefficient (Wildman–Crippen LogP) is 3.03. The van der Waals surface area contributed by atoms with Crippen molar-refractivity contribution < 1.29 is 0 Å². The largest absolute Gasteiger partial charge is 0.315 e. The highest BCUT2D eigenvalue weighted by atomic mass is 15.2. The van der Waals surface area contributed by atoms with Gasteiger partial charge in [-0.15, -0.1) is 0 Å². The van der Waals surface area contributed by atoms with E-state index in [0.717, 1.165) is 6.04 Å². The molecule has 2 atom stereocenters. The van der Waals surface area contributed by atoms with Crippen LogP contribution in [0.15, 0.2) is 0 Å². The van der Waals surface area contributed by atoms with Crippen LogP contribution < -0.4 is 5.32 Å². The molecule has 16 heavy (non-hydrogen) atoms. The van der Waals surface area contributed by atoms with Gasteiger partial charge in [-0.05, 0) is 45.7 Å². The molecule has 1 aliphatic rings. The molecule has 1 rings (SSSR count). The van der Waals surface area contributed by atoms with E-state index in [1.165, 1.54) is 58.2 Å². The first-order valence-electron chi connectivity index (χ1n) is 7.26. The van der Waals surface area contributed by atoms with Crippen LogP contribution in [-0.2, 0) is 0 Å². The minimum Gasteiger partial charge on any atom is -0.315 e. The zero-order valence-corrected chi connectivity index (χ0v) is 11.5. The topological polar surface area (TPSA) is 15.3 Å². The quantitative estimate of drug-likeness (QED) is 0.640. The molecule has 1 saturated heterocycles. The van der Waals surface area contributed by atoms with Gasteiger partial charge in [0.1, 0.15) is 0 Å². The number of unbranched alkanes of at least 4 members (excludes halogenated alkanes) is 2. The highest BCUT2D eigenvalue weighted by molar-refractivity contribution is 4.82. The summed E-state index contributed by atoms with van der Waals surface area (Å²) in [5.41, 5.74) is 0. The van der Waals surface area contributed by atoms with Gasteiger partial charge in [0.05, 0.1) is 0 Å². The molecule has 0 radical (unpaired) electrons. The third-order valence-electron chi connectivity index (χ3n) is 3.86. The fraction of sp³-hybridized carbons (Fsp3) is 1.00. The SMILES string of the molecule is CCCCCNCC(C)N1CCCC1CC. The van der Waals surface area contributed by atoms with Crippen LogP contribution in [-0.4, -0.2) is 36.6 Å². The molecule has 0 aliphatic carbocycles. The standard InChI is InChI=1S/C14H30N2/c1-4-6-7-10-15-12-13(3)16-11-8-9-14(16)5-2/h13-15H,4-12H2,1-3H3. The van der Waals surface area contributed by atoms with Crippen molar-refractivity contribution in [1.29, 1.82) is 0 Å². The lowest BCUT2D eigenvalue weighted by atomic mass is 10.1. The van der Waals surface area contributed by atoms with Crippen molar-refractivity contribution in [3.05, 3.63) is 0 Å². The van der Waals surface area contributed by atoms with Crippen molar-refractivity contribution in [2.45, 2.75) is 71.4 Å². The summed E-state index contributed by atoms with van der Waals surface area (Å²) in [6.45, 7) is 10.6. The Hall–Kier alpha value is -0.0800. The molecule has 1 heterocycles. The second-order valence-corrected chi connectivity index (χ2v) is 5.20. The summed E-state index contributed by atoms with van der Waals surface area (Å²) < 4.78 is 0. The van der Waals surface area contributed by atoms with Gasteiger partial charge in [0.2, 0.25) is 0 Å². The Morgan fingerprint density at radius 2 is 2.12 bits per heavy atom. The van der Waals surface area contributed by atoms with Crippen LogP contribution >= 0.6 is 0 Å². The van der Waals surface area contributed by atoms with E-state index in [1.807, 2.05) is 0 Å². The minimum atomic E-state index is 0.717. The van der Waals surface area contributed by atoms with Crippen LogP contribution in [0.25, 0.3) is 0 Å². The Labute approximate surface area is 102 Å². The summed E-state index contributed by atoms with van der Waals surface area (Å²) in [6, 6.07) is 1.57. The van der Waals surface area contributed by atoms with E-state index < -0.39 is 0 Å². The highest BCUT2D eigenvalue weighted by Crippen LogP contribution is 2.21. The molecular weight excluding hydrogens is 196 g/mol. The van der Waals surface area contributed by atoms with Crippen molar-refractivity contribution in [2.24, 2.45) is 0 Å². The maximum Gasteiger partial charge on any atom is 0.0195 e. The molecule has 0 aromatic carbocycles. The molecule has 0 aromatic rings. The Kier molecular flexibility index (Phi) is 7.06. The van der Waals surface area contributed by atoms with Gasteiger partial charge in [0.25, 0.3) is 0 Å². The van der Waals surface area contributed by atoms with Crippen LogP contribution in [0.2, 0.25) is 0 Å². The van der Waals surface area contributed by atoms with Crippen molar-refractivity contribution in [3.63, 3.8) is 0 Å². The minimum absolute atomic E-state index is 0.717. The maximum absolute atomic E-state index is 3.60. The van der Waals surface area contributed by atoms with Gasteiger partial charge in [-0.2, -0.15) is 0 Å². The summed E-state index contributed by atoms with van der Waals surface area (Å²) in [7, 11) is 0. The van der Waals surface area contributed by atoms with Gasteiger partial charge in [-0.25, -0.2) is 0 Å². The molecule has 0 amide bonds. The van der Waals surface area contributed by atoms with Gasteiger partial charge >= 0.3 is 0 Å². The summed E-state index contributed by atoms with van der Waals surface area (Å²) in [5, 5.41) is 3.60. The fourth-order valence-corrected chi connectivity index (χ4v) is 2.80. The molecule has 0 aromatic heterocycles.